The van der Waals surface area contributed by atoms with Crippen LogP contribution in [-0.2, 0) is 103 Å². The molecule has 0 aliphatic carbocycles. The molecule has 0 aromatic heterocycles. The normalized spacial score (nSPS) is 16.4. The second-order valence-corrected chi connectivity index (χ2v) is 24.5. The standard InChI is InChI=1S/C42H76N14O31P4/c1-15(43)29(57)44-20(6)34(62)53-25(11-84-88(72,73)74)38(66)48-16(2)30(58)45-21(7)35(63)54-26(12-85-89(75,76)77)39(67)49-17(3)31(59)46-22(8)36(64)55-27(13-86-90(78,79)80)40(68)50-18(4)32(60)47-23(9)37(65)56-28(14-87-91(81,82)83)41(69)51-19(5)33(61)52-24(10)42(70)71/h15-28H,11-14,43H2,1-10H3,(H,44,57)(H,45,58)(H,46,59)(H,47,60)(H,48,66)(H,49,67)(H,50,68)(H,51,69)(H,52,61)(H,53,62)(H,54,63)(H,55,64)(H,56,65)(H,70,71)(H2,72,73,74)(H2,75,76,77)(H2,78,79,80)(H2,81,82,83)/t15-,16-,17-,18-,19-,20-,21-,22-,23-,24-,25-,26-,27-,28-/m0/s1. The maximum absolute atomic E-state index is 13.4. The van der Waals surface area contributed by atoms with E-state index in [1.54, 1.807) is 0 Å². The van der Waals surface area contributed by atoms with Crippen LogP contribution in [0.3, 0.4) is 0 Å². The number of rotatable bonds is 39. The van der Waals surface area contributed by atoms with Gasteiger partial charge in [-0.05, 0) is 69.2 Å². The molecule has 0 saturated heterocycles. The number of carboxylic acid groups (broad SMARTS) is 1. The molecule has 0 aliphatic rings. The number of carboxylic acids is 1. The van der Waals surface area contributed by atoms with Crippen LogP contribution in [0.25, 0.3) is 0 Å². The number of nitrogens with one attached hydrogen (secondary N) is 13. The number of phosphoric acid groups is 4. The van der Waals surface area contributed by atoms with Crippen LogP contribution in [0.5, 0.6) is 0 Å². The zero-order chi connectivity index (χ0) is 71.0. The van der Waals surface area contributed by atoms with Crippen molar-refractivity contribution < 1.29 is 148 Å². The lowest BCUT2D eigenvalue weighted by atomic mass is 10.2. The predicted molar refractivity (Wildman–Crippen MR) is 299 cm³/mol. The molecule has 0 heterocycles. The van der Waals surface area contributed by atoms with Crippen molar-refractivity contribution in [1.29, 1.82) is 0 Å². The summed E-state index contributed by atoms with van der Waals surface area (Å²) in [5.41, 5.74) is 5.45. The molecule has 0 aromatic rings. The summed E-state index contributed by atoms with van der Waals surface area (Å²) in [4.78, 5) is 254. The van der Waals surface area contributed by atoms with E-state index in [0.717, 1.165) is 62.3 Å². The molecular formula is C42H76N14O31P4. The van der Waals surface area contributed by atoms with Gasteiger partial charge in [-0.25, -0.2) is 18.3 Å². The number of phosphoric ester groups is 4. The number of amides is 13. The van der Waals surface area contributed by atoms with Gasteiger partial charge in [0.2, 0.25) is 76.8 Å². The molecule has 91 heavy (non-hydrogen) atoms. The average Bonchev–Trinajstić information content (AvgIpc) is 1.30. The molecule has 0 aliphatic heterocycles. The minimum absolute atomic E-state index is 0.797. The van der Waals surface area contributed by atoms with Crippen molar-refractivity contribution in [3.63, 3.8) is 0 Å². The minimum atomic E-state index is -5.43. The molecule has 14 atom stereocenters. The molecule has 520 valence electrons. The van der Waals surface area contributed by atoms with Crippen LogP contribution in [0.4, 0.5) is 0 Å². The van der Waals surface area contributed by atoms with Crippen molar-refractivity contribution in [3.05, 3.63) is 0 Å². The van der Waals surface area contributed by atoms with E-state index in [1.807, 2.05) is 31.9 Å². The SMILES string of the molecule is C[C@H](N)C(=O)N[C@@H](C)C(=O)N[C@@H](COP(=O)(O)O)C(=O)N[C@@H](C)C(=O)N[C@@H](C)C(=O)N[C@@H](COP(=O)(O)O)C(=O)N[C@@H](C)C(=O)N[C@@H](C)C(=O)N[C@@H](COP(=O)(O)O)C(=O)N[C@@H](C)C(=O)N[C@@H](C)C(=O)N[C@@H](COP(=O)(O)O)C(=O)N[C@@H](C)C(=O)N[C@@H](C)C(=O)O. The molecule has 0 saturated carbocycles. The van der Waals surface area contributed by atoms with E-state index < -0.39 is 225 Å². The van der Waals surface area contributed by atoms with Crippen LogP contribution in [0.1, 0.15) is 69.2 Å². The fourth-order valence-corrected chi connectivity index (χ4v) is 7.52. The number of carbonyl (C=O) groups excluding carboxylic acids is 13. The summed E-state index contributed by atoms with van der Waals surface area (Å²) in [5, 5.41) is 35.9. The van der Waals surface area contributed by atoms with Gasteiger partial charge in [-0.1, -0.05) is 0 Å². The molecule has 0 spiro atoms. The Kier molecular flexibility index (Phi) is 34.6. The predicted octanol–water partition coefficient (Wildman–Crippen LogP) is -10.7. The van der Waals surface area contributed by atoms with Gasteiger partial charge in [-0.3, -0.25) is 85.2 Å². The van der Waals surface area contributed by atoms with Crippen LogP contribution in [0.2, 0.25) is 0 Å². The van der Waals surface area contributed by atoms with Crippen molar-refractivity contribution in [2.75, 3.05) is 26.4 Å². The van der Waals surface area contributed by atoms with E-state index in [4.69, 9.17) is 20.6 Å². The number of hydrogen-bond donors (Lipinski definition) is 23. The van der Waals surface area contributed by atoms with Crippen molar-refractivity contribution in [2.24, 2.45) is 5.73 Å². The summed E-state index contributed by atoms with van der Waals surface area (Å²) < 4.78 is 63.3. The summed E-state index contributed by atoms with van der Waals surface area (Å²) >= 11 is 0. The maximum Gasteiger partial charge on any atom is 0.469 e. The Balaban J connectivity index is 6.09. The van der Waals surface area contributed by atoms with Gasteiger partial charge in [-0.15, -0.1) is 0 Å². The molecule has 0 aromatic carbocycles. The van der Waals surface area contributed by atoms with Crippen molar-refractivity contribution in [1.82, 2.24) is 69.1 Å². The quantitative estimate of drug-likeness (QED) is 0.0254. The molecule has 45 nitrogen and oxygen atoms in total. The summed E-state index contributed by atoms with van der Waals surface area (Å²) in [6.45, 7) is 5.53. The molecule has 49 heteroatoms. The van der Waals surface area contributed by atoms with Crippen LogP contribution in [0, 0.1) is 0 Å². The Bertz CT molecular complexity index is 2870. The first kappa shape index (κ1) is 84.0. The van der Waals surface area contributed by atoms with E-state index in [9.17, 15) is 115 Å². The lowest BCUT2D eigenvalue weighted by Crippen LogP contribution is -2.60. The smallest absolute Gasteiger partial charge is 0.469 e. The van der Waals surface area contributed by atoms with E-state index in [2.05, 4.69) is 55.3 Å². The monoisotopic (exact) mass is 1400 g/mol. The van der Waals surface area contributed by atoms with Crippen molar-refractivity contribution >= 4 is 114 Å². The molecule has 0 radical (unpaired) electrons. The number of nitrogens with two attached hydrogens (primary N) is 1. The van der Waals surface area contributed by atoms with Crippen LogP contribution in [0.15, 0.2) is 0 Å². The third kappa shape index (κ3) is 34.8. The number of aliphatic carboxylic acids is 1. The van der Waals surface area contributed by atoms with Gasteiger partial charge < -0.3 is 119 Å². The highest BCUT2D eigenvalue weighted by molar-refractivity contribution is 7.47. The first-order chi connectivity index (χ1) is 41.3. The van der Waals surface area contributed by atoms with E-state index in [0.29, 0.717) is 0 Å². The summed E-state index contributed by atoms with van der Waals surface area (Å²) in [6, 6.07) is -23.8. The number of hydrogen-bond acceptors (Lipinski definition) is 23. The van der Waals surface area contributed by atoms with Gasteiger partial charge in [-0.2, -0.15) is 0 Å². The maximum atomic E-state index is 13.4. The van der Waals surface area contributed by atoms with E-state index >= 15 is 0 Å². The molecule has 13 amide bonds. The highest BCUT2D eigenvalue weighted by atomic mass is 31.2. The summed E-state index contributed by atoms with van der Waals surface area (Å²) in [7, 11) is -21.4. The Labute approximate surface area is 515 Å². The average molecular weight is 1400 g/mol. The van der Waals surface area contributed by atoms with Gasteiger partial charge in [0.1, 0.15) is 78.5 Å². The Hall–Kier alpha value is -7.02. The van der Waals surface area contributed by atoms with Gasteiger partial charge >= 0.3 is 37.3 Å². The molecule has 0 unspecified atom stereocenters. The molecule has 0 fully saturated rings. The van der Waals surface area contributed by atoms with Crippen LogP contribution >= 0.6 is 31.3 Å². The second-order valence-electron chi connectivity index (χ2n) is 19.6. The zero-order valence-corrected chi connectivity index (χ0v) is 53.4. The lowest BCUT2D eigenvalue weighted by molar-refractivity contribution is -0.141. The van der Waals surface area contributed by atoms with Gasteiger partial charge in [0.25, 0.3) is 0 Å². The van der Waals surface area contributed by atoms with Crippen LogP contribution in [-0.4, -0.2) is 238 Å². The van der Waals surface area contributed by atoms with Gasteiger partial charge in [0, 0.05) is 0 Å². The minimum Gasteiger partial charge on any atom is -0.480 e. The van der Waals surface area contributed by atoms with Gasteiger partial charge in [0.05, 0.1) is 32.5 Å². The first-order valence-corrected chi connectivity index (χ1v) is 32.2. The lowest BCUT2D eigenvalue weighted by Gasteiger charge is -2.26. The third-order valence-electron chi connectivity index (χ3n) is 11.3. The van der Waals surface area contributed by atoms with Gasteiger partial charge in [0.15, 0.2) is 0 Å². The van der Waals surface area contributed by atoms with E-state index in [-0.39, 0.29) is 0 Å². The first-order valence-electron chi connectivity index (χ1n) is 26.1. The Morgan fingerprint density at radius 3 is 0.571 bits per heavy atom. The highest BCUT2D eigenvalue weighted by Crippen LogP contribution is 2.37. The van der Waals surface area contributed by atoms with Crippen molar-refractivity contribution in [2.45, 2.75) is 154 Å². The fourth-order valence-electron chi connectivity index (χ4n) is 6.15. The fraction of sp³-hybridized carbons (Fsp3) is 0.667. The van der Waals surface area contributed by atoms with Crippen molar-refractivity contribution in [3.8, 4) is 0 Å². The third-order valence-corrected chi connectivity index (χ3v) is 13.3. The second kappa shape index (κ2) is 37.5. The number of carbonyl (C=O) groups is 14. The topological polar surface area (TPSA) is 709 Å². The highest BCUT2D eigenvalue weighted by Gasteiger charge is 2.36. The van der Waals surface area contributed by atoms with E-state index in [1.165, 1.54) is 6.92 Å². The molecule has 0 bridgehead atoms. The molecular weight excluding hydrogens is 1320 g/mol. The zero-order valence-electron chi connectivity index (χ0n) is 49.8. The largest absolute Gasteiger partial charge is 0.480 e. The molecule has 0 rings (SSSR count). The molecule has 24 N–H and O–H groups in total. The van der Waals surface area contributed by atoms with Crippen LogP contribution < -0.4 is 74.9 Å². The Morgan fingerprint density at radius 1 is 0.275 bits per heavy atom. The summed E-state index contributed by atoms with van der Waals surface area (Å²) in [6.07, 6.45) is 0. The Morgan fingerprint density at radius 2 is 0.418 bits per heavy atom. The summed E-state index contributed by atoms with van der Waals surface area (Å²) in [5.74, 6) is -17.3.